The number of aromatic nitrogens is 3. The van der Waals surface area contributed by atoms with Gasteiger partial charge in [-0.05, 0) is 42.0 Å². The lowest BCUT2D eigenvalue weighted by atomic mass is 10.2. The van der Waals surface area contributed by atoms with Crippen molar-refractivity contribution in [2.24, 2.45) is 0 Å². The number of carbonyl (C=O) groups is 1. The van der Waals surface area contributed by atoms with Crippen LogP contribution in [0.4, 0.5) is 27.9 Å². The van der Waals surface area contributed by atoms with Gasteiger partial charge in [0, 0.05) is 37.0 Å². The van der Waals surface area contributed by atoms with Crippen molar-refractivity contribution in [1.29, 1.82) is 0 Å². The van der Waals surface area contributed by atoms with Crippen molar-refractivity contribution < 1.29 is 23.4 Å². The molecule has 0 aliphatic heterocycles. The van der Waals surface area contributed by atoms with Crippen molar-refractivity contribution >= 4 is 29.4 Å². The van der Waals surface area contributed by atoms with E-state index in [4.69, 9.17) is 14.2 Å². The van der Waals surface area contributed by atoms with Gasteiger partial charge in [0.05, 0.1) is 33.5 Å². The molecular weight excluding hydrogens is 541 g/mol. The van der Waals surface area contributed by atoms with Crippen molar-refractivity contribution in [3.05, 3.63) is 95.8 Å². The Bertz CT molecular complexity index is 1390. The van der Waals surface area contributed by atoms with Gasteiger partial charge in [-0.1, -0.05) is 36.4 Å². The smallest absolute Gasteiger partial charge is 0.251 e. The number of carbonyl (C=O) groups excluding carboxylic acids is 1. The molecule has 0 saturated carbocycles. The first kappa shape index (κ1) is 30.2. The third-order valence-corrected chi connectivity index (χ3v) is 5.79. The maximum atomic E-state index is 13.3. The maximum Gasteiger partial charge on any atom is 0.251 e. The van der Waals surface area contributed by atoms with E-state index in [0.29, 0.717) is 75.2 Å². The lowest BCUT2D eigenvalue weighted by Gasteiger charge is -2.12. The van der Waals surface area contributed by atoms with Gasteiger partial charge in [0.15, 0.2) is 0 Å². The summed E-state index contributed by atoms with van der Waals surface area (Å²) in [6.45, 7) is 2.86. The van der Waals surface area contributed by atoms with Crippen LogP contribution in [0.25, 0.3) is 0 Å². The minimum absolute atomic E-state index is 0.129. The third-order valence-electron chi connectivity index (χ3n) is 5.79. The summed E-state index contributed by atoms with van der Waals surface area (Å²) in [6, 6.07) is 22.6. The molecule has 0 bridgehead atoms. The Hall–Kier alpha value is -4.81. The highest BCUT2D eigenvalue weighted by Crippen LogP contribution is 2.21. The summed E-state index contributed by atoms with van der Waals surface area (Å²) in [5.41, 5.74) is 2.24. The van der Waals surface area contributed by atoms with E-state index in [1.54, 1.807) is 31.4 Å². The highest BCUT2D eigenvalue weighted by molar-refractivity contribution is 5.94. The molecule has 0 atom stereocenters. The molecule has 0 saturated heterocycles. The molecular formula is C30H34FN7O4. The van der Waals surface area contributed by atoms with Gasteiger partial charge < -0.3 is 35.5 Å². The number of nitrogens with one attached hydrogen (secondary N) is 4. The van der Waals surface area contributed by atoms with Gasteiger partial charge in [-0.15, -0.1) is 0 Å². The Balaban J connectivity index is 1.21. The standard InChI is InChI=1S/C30H34FN7O4/c1-40-26-9-5-8-25(20-26)35-30-37-28(36-29(38-30)34-21-22-10-12-24(31)13-11-22)33-15-17-42-19-18-41-16-14-32-27(39)23-6-3-2-4-7-23/h2-13,20H,14-19,21H2,1H3,(H,32,39)(H3,33,34,35,36,37,38). The largest absolute Gasteiger partial charge is 0.497 e. The minimum Gasteiger partial charge on any atom is -0.497 e. The molecule has 0 unspecified atom stereocenters. The monoisotopic (exact) mass is 575 g/mol. The van der Waals surface area contributed by atoms with E-state index in [2.05, 4.69) is 36.2 Å². The number of hydrogen-bond acceptors (Lipinski definition) is 10. The van der Waals surface area contributed by atoms with Crippen LogP contribution < -0.4 is 26.0 Å². The van der Waals surface area contributed by atoms with Crippen LogP contribution in [0.2, 0.25) is 0 Å². The number of amides is 1. The summed E-state index contributed by atoms with van der Waals surface area (Å²) in [7, 11) is 1.60. The highest BCUT2D eigenvalue weighted by Gasteiger charge is 2.08. The molecule has 0 aliphatic carbocycles. The fourth-order valence-corrected chi connectivity index (χ4v) is 3.69. The first-order chi connectivity index (χ1) is 20.6. The summed E-state index contributed by atoms with van der Waals surface area (Å²) in [4.78, 5) is 25.4. The van der Waals surface area contributed by atoms with E-state index in [-0.39, 0.29) is 11.7 Å². The lowest BCUT2D eigenvalue weighted by Crippen LogP contribution is -2.27. The van der Waals surface area contributed by atoms with Crippen LogP contribution in [0.5, 0.6) is 5.75 Å². The molecule has 1 aromatic heterocycles. The fraction of sp³-hybridized carbons (Fsp3) is 0.267. The Kier molecular flexibility index (Phi) is 11.8. The Morgan fingerprint density at radius 2 is 1.45 bits per heavy atom. The van der Waals surface area contributed by atoms with Crippen LogP contribution >= 0.6 is 0 Å². The average molecular weight is 576 g/mol. The normalized spacial score (nSPS) is 10.6. The number of halogens is 1. The van der Waals surface area contributed by atoms with Gasteiger partial charge in [-0.2, -0.15) is 15.0 Å². The quantitative estimate of drug-likeness (QED) is 0.136. The molecule has 1 amide bonds. The first-order valence-electron chi connectivity index (χ1n) is 13.5. The van der Waals surface area contributed by atoms with E-state index in [9.17, 15) is 9.18 Å². The molecule has 0 aliphatic rings. The summed E-state index contributed by atoms with van der Waals surface area (Å²) in [5, 5.41) is 12.3. The SMILES string of the molecule is COc1cccc(Nc2nc(NCCOCCOCCNC(=O)c3ccccc3)nc(NCc3ccc(F)cc3)n2)c1. The molecule has 0 fully saturated rings. The molecule has 11 nitrogen and oxygen atoms in total. The minimum atomic E-state index is -0.295. The summed E-state index contributed by atoms with van der Waals surface area (Å²) in [5.74, 6) is 1.30. The molecule has 4 N–H and O–H groups in total. The zero-order valence-electron chi connectivity index (χ0n) is 23.3. The predicted octanol–water partition coefficient (Wildman–Crippen LogP) is 4.25. The lowest BCUT2D eigenvalue weighted by molar-refractivity contribution is 0.0519. The van der Waals surface area contributed by atoms with E-state index in [1.807, 2.05) is 42.5 Å². The van der Waals surface area contributed by atoms with Crippen LogP contribution in [-0.4, -0.2) is 67.5 Å². The molecule has 4 rings (SSSR count). The Labute approximate surface area is 243 Å². The second-order valence-electron chi connectivity index (χ2n) is 8.92. The molecule has 1 heterocycles. The number of rotatable bonds is 17. The second-order valence-corrected chi connectivity index (χ2v) is 8.92. The van der Waals surface area contributed by atoms with Gasteiger partial charge >= 0.3 is 0 Å². The fourth-order valence-electron chi connectivity index (χ4n) is 3.69. The van der Waals surface area contributed by atoms with E-state index in [0.717, 1.165) is 11.3 Å². The molecule has 0 spiro atoms. The molecule has 12 heteroatoms. The van der Waals surface area contributed by atoms with Crippen LogP contribution in [0.1, 0.15) is 15.9 Å². The number of methoxy groups -OCH3 is 1. The molecule has 4 aromatic rings. The van der Waals surface area contributed by atoms with Crippen LogP contribution in [0, 0.1) is 5.82 Å². The Morgan fingerprint density at radius 3 is 2.19 bits per heavy atom. The van der Waals surface area contributed by atoms with Gasteiger partial charge in [-0.3, -0.25) is 4.79 Å². The van der Waals surface area contributed by atoms with Crippen molar-refractivity contribution in [3.63, 3.8) is 0 Å². The first-order valence-corrected chi connectivity index (χ1v) is 13.5. The van der Waals surface area contributed by atoms with E-state index >= 15 is 0 Å². The number of anilines is 4. The van der Waals surface area contributed by atoms with Crippen LogP contribution in [0.15, 0.2) is 78.9 Å². The summed E-state index contributed by atoms with van der Waals surface area (Å²) < 4.78 is 29.7. The Morgan fingerprint density at radius 1 is 0.762 bits per heavy atom. The number of benzene rings is 3. The van der Waals surface area contributed by atoms with E-state index < -0.39 is 0 Å². The molecule has 0 radical (unpaired) electrons. The number of nitrogens with zero attached hydrogens (tertiary/aromatic N) is 3. The van der Waals surface area contributed by atoms with Gasteiger partial charge in [0.2, 0.25) is 17.8 Å². The highest BCUT2D eigenvalue weighted by atomic mass is 19.1. The van der Waals surface area contributed by atoms with Crippen LogP contribution in [-0.2, 0) is 16.0 Å². The predicted molar refractivity (Wildman–Crippen MR) is 159 cm³/mol. The third kappa shape index (κ3) is 10.3. The zero-order valence-corrected chi connectivity index (χ0v) is 23.3. The molecule has 3 aromatic carbocycles. The number of hydrogen-bond donors (Lipinski definition) is 4. The second kappa shape index (κ2) is 16.5. The molecule has 42 heavy (non-hydrogen) atoms. The van der Waals surface area contributed by atoms with Gasteiger partial charge in [0.25, 0.3) is 5.91 Å². The van der Waals surface area contributed by atoms with Gasteiger partial charge in [-0.25, -0.2) is 4.39 Å². The summed E-state index contributed by atoms with van der Waals surface area (Å²) >= 11 is 0. The average Bonchev–Trinajstić information content (AvgIpc) is 3.02. The molecule has 220 valence electrons. The zero-order chi connectivity index (χ0) is 29.4. The van der Waals surface area contributed by atoms with Crippen LogP contribution in [0.3, 0.4) is 0 Å². The van der Waals surface area contributed by atoms with E-state index in [1.165, 1.54) is 12.1 Å². The van der Waals surface area contributed by atoms with Crippen molar-refractivity contribution in [1.82, 2.24) is 20.3 Å². The van der Waals surface area contributed by atoms with Crippen molar-refractivity contribution in [2.75, 3.05) is 62.6 Å². The summed E-state index contributed by atoms with van der Waals surface area (Å²) in [6.07, 6.45) is 0. The topological polar surface area (TPSA) is 132 Å². The maximum absolute atomic E-state index is 13.3. The van der Waals surface area contributed by atoms with Crippen molar-refractivity contribution in [3.8, 4) is 5.75 Å². The number of ether oxygens (including phenoxy) is 3. The van der Waals surface area contributed by atoms with Gasteiger partial charge in [0.1, 0.15) is 11.6 Å². The van der Waals surface area contributed by atoms with Crippen molar-refractivity contribution in [2.45, 2.75) is 6.54 Å².